The van der Waals surface area contributed by atoms with E-state index in [1.54, 1.807) is 25.1 Å². The van der Waals surface area contributed by atoms with E-state index in [1.165, 1.54) is 19.2 Å². The molecule has 0 atom stereocenters. The van der Waals surface area contributed by atoms with Crippen molar-refractivity contribution in [1.29, 1.82) is 0 Å². The van der Waals surface area contributed by atoms with Crippen LogP contribution in [0.25, 0.3) is 0 Å². The van der Waals surface area contributed by atoms with Gasteiger partial charge in [0.15, 0.2) is 5.82 Å². The molecular weight excluding hydrogens is 294 g/mol. The third-order valence-electron chi connectivity index (χ3n) is 2.70. The Labute approximate surface area is 122 Å². The van der Waals surface area contributed by atoms with E-state index < -0.39 is 16.0 Å². The van der Waals surface area contributed by atoms with E-state index in [0.717, 1.165) is 5.69 Å². The van der Waals surface area contributed by atoms with Crippen LogP contribution < -0.4 is 4.72 Å². The molecule has 1 heterocycles. The maximum Gasteiger partial charge on any atom is 0.337 e. The second-order valence-corrected chi connectivity index (χ2v) is 6.21. The molecule has 0 amide bonds. The summed E-state index contributed by atoms with van der Waals surface area (Å²) in [6.45, 7) is 1.77. The Morgan fingerprint density at radius 1 is 1.33 bits per heavy atom. The van der Waals surface area contributed by atoms with Crippen molar-refractivity contribution in [2.24, 2.45) is 0 Å². The SMILES string of the molecule is COC(=O)c1ccc(CS(=O)(=O)Nc2cc(C)[nH]n2)cc1. The van der Waals surface area contributed by atoms with E-state index in [4.69, 9.17) is 0 Å². The number of hydrogen-bond donors (Lipinski definition) is 2. The number of methoxy groups -OCH3 is 1. The van der Waals surface area contributed by atoms with Crippen molar-refractivity contribution in [3.05, 3.63) is 47.2 Å². The average molecular weight is 309 g/mol. The van der Waals surface area contributed by atoms with Gasteiger partial charge in [-0.25, -0.2) is 13.2 Å². The molecular formula is C13H15N3O4S. The number of anilines is 1. The van der Waals surface area contributed by atoms with Gasteiger partial charge in [0.05, 0.1) is 18.4 Å². The quantitative estimate of drug-likeness (QED) is 0.814. The van der Waals surface area contributed by atoms with Gasteiger partial charge in [-0.3, -0.25) is 9.82 Å². The molecule has 0 aliphatic heterocycles. The highest BCUT2D eigenvalue weighted by Gasteiger charge is 2.14. The fraction of sp³-hybridized carbons (Fsp3) is 0.231. The number of carbonyl (C=O) groups is 1. The maximum atomic E-state index is 12.0. The molecule has 2 N–H and O–H groups in total. The van der Waals surface area contributed by atoms with Gasteiger partial charge in [0.1, 0.15) is 0 Å². The van der Waals surface area contributed by atoms with Gasteiger partial charge in [-0.15, -0.1) is 0 Å². The van der Waals surface area contributed by atoms with Gasteiger partial charge in [0, 0.05) is 11.8 Å². The second-order valence-electron chi connectivity index (χ2n) is 4.49. The summed E-state index contributed by atoms with van der Waals surface area (Å²) in [6.07, 6.45) is 0. The molecule has 0 saturated carbocycles. The first kappa shape index (κ1) is 15.0. The summed E-state index contributed by atoms with van der Waals surface area (Å²) in [6, 6.07) is 7.78. The first-order valence-corrected chi connectivity index (χ1v) is 7.74. The molecule has 2 rings (SSSR count). The molecule has 0 unspecified atom stereocenters. The molecule has 0 aliphatic carbocycles. The summed E-state index contributed by atoms with van der Waals surface area (Å²) in [7, 11) is -2.27. The lowest BCUT2D eigenvalue weighted by Crippen LogP contribution is -2.15. The van der Waals surface area contributed by atoms with E-state index in [2.05, 4.69) is 19.7 Å². The first-order chi connectivity index (χ1) is 9.89. The Hall–Kier alpha value is -2.35. The number of carbonyl (C=O) groups excluding carboxylic acids is 1. The standard InChI is InChI=1S/C13H15N3O4S/c1-9-7-12(15-14-9)16-21(18,19)8-10-3-5-11(6-4-10)13(17)20-2/h3-7H,8H2,1-2H3,(H2,14,15,16). The van der Waals surface area contributed by atoms with Gasteiger partial charge in [-0.05, 0) is 24.6 Å². The average Bonchev–Trinajstić information content (AvgIpc) is 2.82. The fourth-order valence-corrected chi connectivity index (χ4v) is 2.87. The zero-order valence-corrected chi connectivity index (χ0v) is 12.4. The van der Waals surface area contributed by atoms with Crippen LogP contribution in [0.5, 0.6) is 0 Å². The molecule has 0 radical (unpaired) electrons. The molecule has 0 aliphatic rings. The van der Waals surface area contributed by atoms with Crippen LogP contribution in [0.1, 0.15) is 21.6 Å². The van der Waals surface area contributed by atoms with E-state index in [1.807, 2.05) is 0 Å². The third kappa shape index (κ3) is 4.06. The minimum Gasteiger partial charge on any atom is -0.465 e. The number of nitrogens with zero attached hydrogens (tertiary/aromatic N) is 1. The summed E-state index contributed by atoms with van der Waals surface area (Å²) in [5.41, 5.74) is 1.69. The molecule has 7 nitrogen and oxygen atoms in total. The zero-order chi connectivity index (χ0) is 15.5. The molecule has 21 heavy (non-hydrogen) atoms. The number of aryl methyl sites for hydroxylation is 1. The normalized spacial score (nSPS) is 11.1. The molecule has 0 bridgehead atoms. The van der Waals surface area contributed by atoms with Gasteiger partial charge in [-0.1, -0.05) is 12.1 Å². The highest BCUT2D eigenvalue weighted by molar-refractivity contribution is 7.91. The molecule has 2 aromatic rings. The Morgan fingerprint density at radius 2 is 2.00 bits per heavy atom. The fourth-order valence-electron chi connectivity index (χ4n) is 1.74. The number of hydrogen-bond acceptors (Lipinski definition) is 5. The predicted molar refractivity (Wildman–Crippen MR) is 77.4 cm³/mol. The minimum absolute atomic E-state index is 0.208. The highest BCUT2D eigenvalue weighted by Crippen LogP contribution is 2.12. The van der Waals surface area contributed by atoms with Crippen molar-refractivity contribution in [2.45, 2.75) is 12.7 Å². The minimum atomic E-state index is -3.56. The van der Waals surface area contributed by atoms with Crippen molar-refractivity contribution < 1.29 is 17.9 Å². The second kappa shape index (κ2) is 5.96. The van der Waals surface area contributed by atoms with Crippen molar-refractivity contribution in [3.8, 4) is 0 Å². The van der Waals surface area contributed by atoms with Gasteiger partial charge in [-0.2, -0.15) is 5.10 Å². The molecule has 1 aromatic carbocycles. The topological polar surface area (TPSA) is 101 Å². The van der Waals surface area contributed by atoms with Crippen molar-refractivity contribution in [2.75, 3.05) is 11.8 Å². The number of rotatable bonds is 5. The Morgan fingerprint density at radius 3 is 2.52 bits per heavy atom. The lowest BCUT2D eigenvalue weighted by Gasteiger charge is -2.06. The van der Waals surface area contributed by atoms with Crippen LogP contribution in [0.15, 0.2) is 30.3 Å². The Kier molecular flexibility index (Phi) is 4.27. The van der Waals surface area contributed by atoms with Gasteiger partial charge in [0.25, 0.3) is 0 Å². The largest absolute Gasteiger partial charge is 0.465 e. The van der Waals surface area contributed by atoms with Gasteiger partial charge < -0.3 is 4.74 Å². The predicted octanol–water partition coefficient (Wildman–Crippen LogP) is 1.45. The summed E-state index contributed by atoms with van der Waals surface area (Å²) in [5.74, 6) is -0.423. The van der Waals surface area contributed by atoms with Crippen LogP contribution in [-0.4, -0.2) is 31.7 Å². The van der Waals surface area contributed by atoms with E-state index in [0.29, 0.717) is 11.1 Å². The lowest BCUT2D eigenvalue weighted by atomic mass is 10.1. The number of ether oxygens (including phenoxy) is 1. The summed E-state index contributed by atoms with van der Waals surface area (Å²) in [5, 5.41) is 6.47. The Balaban J connectivity index is 2.08. The maximum absolute atomic E-state index is 12.0. The number of sulfonamides is 1. The number of esters is 1. The first-order valence-electron chi connectivity index (χ1n) is 6.09. The van der Waals surface area contributed by atoms with E-state index in [-0.39, 0.29) is 11.6 Å². The molecule has 1 aromatic heterocycles. The zero-order valence-electron chi connectivity index (χ0n) is 11.6. The molecule has 0 fully saturated rings. The van der Waals surface area contributed by atoms with Crippen LogP contribution in [0.3, 0.4) is 0 Å². The van der Waals surface area contributed by atoms with Crippen LogP contribution in [0, 0.1) is 6.92 Å². The van der Waals surface area contributed by atoms with Crippen molar-refractivity contribution >= 4 is 21.8 Å². The Bertz CT molecular complexity index is 735. The van der Waals surface area contributed by atoms with Gasteiger partial charge >= 0.3 is 5.97 Å². The molecule has 112 valence electrons. The van der Waals surface area contributed by atoms with Crippen LogP contribution in [-0.2, 0) is 20.5 Å². The smallest absolute Gasteiger partial charge is 0.337 e. The highest BCUT2D eigenvalue weighted by atomic mass is 32.2. The van der Waals surface area contributed by atoms with E-state index >= 15 is 0 Å². The number of nitrogens with one attached hydrogen (secondary N) is 2. The third-order valence-corrected chi connectivity index (χ3v) is 3.93. The summed E-state index contributed by atoms with van der Waals surface area (Å²) in [4.78, 5) is 11.3. The molecule has 0 spiro atoms. The summed E-state index contributed by atoms with van der Waals surface area (Å²) >= 11 is 0. The van der Waals surface area contributed by atoms with Crippen LogP contribution in [0.2, 0.25) is 0 Å². The van der Waals surface area contributed by atoms with Gasteiger partial charge in [0.2, 0.25) is 10.0 Å². The summed E-state index contributed by atoms with van der Waals surface area (Å²) < 4.78 is 30.9. The number of benzene rings is 1. The molecule has 0 saturated heterocycles. The van der Waals surface area contributed by atoms with E-state index in [9.17, 15) is 13.2 Å². The number of aromatic amines is 1. The number of H-pyrrole nitrogens is 1. The van der Waals surface area contributed by atoms with Crippen LogP contribution >= 0.6 is 0 Å². The monoisotopic (exact) mass is 309 g/mol. The van der Waals surface area contributed by atoms with Crippen molar-refractivity contribution in [1.82, 2.24) is 10.2 Å². The lowest BCUT2D eigenvalue weighted by molar-refractivity contribution is 0.0600. The number of aromatic nitrogens is 2. The molecule has 8 heteroatoms. The van der Waals surface area contributed by atoms with Crippen molar-refractivity contribution in [3.63, 3.8) is 0 Å². The van der Waals surface area contributed by atoms with Crippen LogP contribution in [0.4, 0.5) is 5.82 Å².